The lowest BCUT2D eigenvalue weighted by atomic mass is 10.1. The first-order valence-electron chi connectivity index (χ1n) is 6.99. The first-order chi connectivity index (χ1) is 10.4. The van der Waals surface area contributed by atoms with Crippen LogP contribution >= 0.6 is 0 Å². The third-order valence-electron chi connectivity index (χ3n) is 3.49. The Morgan fingerprint density at radius 1 is 1.32 bits per heavy atom. The second-order valence-corrected chi connectivity index (χ2v) is 7.25. The van der Waals surface area contributed by atoms with E-state index in [9.17, 15) is 22.0 Å². The van der Waals surface area contributed by atoms with Gasteiger partial charge in [0.05, 0.1) is 5.75 Å². The molecule has 1 saturated heterocycles. The second-order valence-electron chi connectivity index (χ2n) is 5.28. The van der Waals surface area contributed by atoms with Crippen molar-refractivity contribution >= 4 is 15.7 Å². The monoisotopic (exact) mass is 332 g/mol. The van der Waals surface area contributed by atoms with E-state index in [2.05, 4.69) is 10.6 Å². The van der Waals surface area contributed by atoms with E-state index in [1.807, 2.05) is 0 Å². The summed E-state index contributed by atoms with van der Waals surface area (Å²) in [6.45, 7) is 1.66. The Morgan fingerprint density at radius 3 is 2.55 bits per heavy atom. The molecule has 2 rings (SSSR count). The lowest BCUT2D eigenvalue weighted by Crippen LogP contribution is -2.45. The summed E-state index contributed by atoms with van der Waals surface area (Å²) in [5.74, 6) is -4.38. The molecule has 1 aliphatic heterocycles. The van der Waals surface area contributed by atoms with Crippen molar-refractivity contribution in [3.05, 3.63) is 35.4 Å². The highest BCUT2D eigenvalue weighted by Gasteiger charge is 2.24. The summed E-state index contributed by atoms with van der Waals surface area (Å²) < 4.78 is 46.9. The predicted octanol–water partition coefficient (Wildman–Crippen LogP) is 1.31. The average molecular weight is 332 g/mol. The Bertz CT molecular complexity index is 611. The smallest absolute Gasteiger partial charge is 0.337 e. The number of carbonyl (C=O) groups is 1. The minimum absolute atomic E-state index is 0.0696. The maximum absolute atomic E-state index is 12.3. The first kappa shape index (κ1) is 16.8. The van der Waals surface area contributed by atoms with Crippen molar-refractivity contribution in [3.8, 4) is 0 Å². The summed E-state index contributed by atoms with van der Waals surface area (Å²) in [5.41, 5.74) is 0.611. The summed E-state index contributed by atoms with van der Waals surface area (Å²) in [6.07, 6.45) is 1.90. The summed E-state index contributed by atoms with van der Waals surface area (Å²) in [6, 6.07) is 5.73. The summed E-state index contributed by atoms with van der Waals surface area (Å²) in [4.78, 5) is 12.0. The molecule has 0 spiro atoms. The van der Waals surface area contributed by atoms with Crippen LogP contribution < -0.4 is 10.6 Å². The molecule has 8 heteroatoms. The van der Waals surface area contributed by atoms with E-state index in [0.29, 0.717) is 5.56 Å². The van der Waals surface area contributed by atoms with E-state index in [4.69, 9.17) is 0 Å². The van der Waals surface area contributed by atoms with Crippen LogP contribution in [0.5, 0.6) is 0 Å². The van der Waals surface area contributed by atoms with Gasteiger partial charge in [0.25, 0.3) is 5.91 Å². The highest BCUT2D eigenvalue weighted by atomic mass is 32.2. The lowest BCUT2D eigenvalue weighted by molar-refractivity contribution is 0.0930. The number of carbonyl (C=O) groups excluding carboxylic acids is 1. The number of piperidine rings is 1. The fraction of sp³-hybridized carbons (Fsp3) is 0.500. The maximum Gasteiger partial charge on any atom is 0.337 e. The van der Waals surface area contributed by atoms with Gasteiger partial charge in [0.2, 0.25) is 9.84 Å². The number of amides is 1. The Hall–Kier alpha value is -1.54. The van der Waals surface area contributed by atoms with Crippen LogP contribution in [-0.4, -0.2) is 39.2 Å². The Kier molecular flexibility index (Phi) is 5.47. The molecule has 0 aliphatic carbocycles. The third-order valence-corrected chi connectivity index (χ3v) is 4.77. The molecular formula is C14H18F2N2O3S. The quantitative estimate of drug-likeness (QED) is 0.852. The van der Waals surface area contributed by atoms with Crippen molar-refractivity contribution in [2.45, 2.75) is 30.4 Å². The third kappa shape index (κ3) is 4.48. The molecule has 1 heterocycles. The van der Waals surface area contributed by atoms with Crippen molar-refractivity contribution < 1.29 is 22.0 Å². The summed E-state index contributed by atoms with van der Waals surface area (Å²) in [5, 5.41) is 6.07. The molecule has 0 saturated carbocycles. The molecule has 1 aromatic rings. The number of nitrogens with one attached hydrogen (secondary N) is 2. The molecule has 0 radical (unpaired) electrons. The van der Waals surface area contributed by atoms with Gasteiger partial charge in [0.15, 0.2) is 0 Å². The molecule has 1 atom stereocenters. The largest absolute Gasteiger partial charge is 0.348 e. The number of benzene rings is 1. The number of rotatable bonds is 5. The minimum atomic E-state index is -4.45. The molecule has 22 heavy (non-hydrogen) atoms. The molecule has 0 unspecified atom stereocenters. The van der Waals surface area contributed by atoms with Crippen LogP contribution in [0.3, 0.4) is 0 Å². The zero-order chi connectivity index (χ0) is 16.2. The molecular weight excluding hydrogens is 314 g/mol. The predicted molar refractivity (Wildman–Crippen MR) is 78.4 cm³/mol. The van der Waals surface area contributed by atoms with Gasteiger partial charge in [0.1, 0.15) is 0 Å². The van der Waals surface area contributed by atoms with Crippen LogP contribution in [0, 0.1) is 0 Å². The minimum Gasteiger partial charge on any atom is -0.348 e. The highest BCUT2D eigenvalue weighted by Crippen LogP contribution is 2.14. The van der Waals surface area contributed by atoms with Gasteiger partial charge in [-0.2, -0.15) is 8.78 Å². The number of sulfone groups is 1. The van der Waals surface area contributed by atoms with E-state index in [1.165, 1.54) is 24.3 Å². The number of hydrogen-bond donors (Lipinski definition) is 2. The Morgan fingerprint density at radius 2 is 2.00 bits per heavy atom. The van der Waals surface area contributed by atoms with Crippen molar-refractivity contribution in [2.24, 2.45) is 0 Å². The molecule has 1 fully saturated rings. The van der Waals surface area contributed by atoms with Crippen molar-refractivity contribution in [2.75, 3.05) is 13.1 Å². The van der Waals surface area contributed by atoms with Crippen LogP contribution in [0.4, 0.5) is 8.78 Å². The van der Waals surface area contributed by atoms with E-state index < -0.39 is 21.3 Å². The van der Waals surface area contributed by atoms with Crippen LogP contribution in [0.25, 0.3) is 0 Å². The van der Waals surface area contributed by atoms with Gasteiger partial charge in [-0.05, 0) is 37.1 Å². The molecule has 0 bridgehead atoms. The average Bonchev–Trinajstić information content (AvgIpc) is 2.48. The van der Waals surface area contributed by atoms with Crippen LogP contribution in [0.2, 0.25) is 0 Å². The summed E-state index contributed by atoms with van der Waals surface area (Å²) >= 11 is 0. The molecule has 1 amide bonds. The first-order valence-corrected chi connectivity index (χ1v) is 8.70. The fourth-order valence-corrected chi connectivity index (χ4v) is 3.07. The standard InChI is InChI=1S/C14H18F2N2O3S/c15-14(16)22(20,21)9-10-3-5-11(6-4-10)13(19)18-12-2-1-7-17-8-12/h3-6,12,14,17H,1-2,7-9H2,(H,18,19)/t12-/m0/s1. The van der Waals surface area contributed by atoms with Crippen LogP contribution in [0.1, 0.15) is 28.8 Å². The number of halogens is 2. The topological polar surface area (TPSA) is 75.3 Å². The van der Waals surface area contributed by atoms with Gasteiger partial charge in [-0.3, -0.25) is 4.79 Å². The zero-order valence-electron chi connectivity index (χ0n) is 11.9. The van der Waals surface area contributed by atoms with Gasteiger partial charge in [-0.1, -0.05) is 12.1 Å². The van der Waals surface area contributed by atoms with E-state index in [1.54, 1.807) is 0 Å². The Labute approximate surface area is 128 Å². The van der Waals surface area contributed by atoms with E-state index >= 15 is 0 Å². The van der Waals surface area contributed by atoms with Gasteiger partial charge >= 0.3 is 5.76 Å². The van der Waals surface area contributed by atoms with Gasteiger partial charge in [-0.15, -0.1) is 0 Å². The maximum atomic E-state index is 12.3. The van der Waals surface area contributed by atoms with E-state index in [0.717, 1.165) is 25.9 Å². The highest BCUT2D eigenvalue weighted by molar-refractivity contribution is 7.90. The Balaban J connectivity index is 1.97. The molecule has 2 N–H and O–H groups in total. The van der Waals surface area contributed by atoms with Gasteiger partial charge in [-0.25, -0.2) is 8.42 Å². The van der Waals surface area contributed by atoms with Crippen molar-refractivity contribution in [1.82, 2.24) is 10.6 Å². The molecule has 1 aromatic carbocycles. The number of alkyl halides is 2. The summed E-state index contributed by atoms with van der Waals surface area (Å²) in [7, 11) is -4.45. The van der Waals surface area contributed by atoms with E-state index in [-0.39, 0.29) is 17.5 Å². The molecule has 122 valence electrons. The normalized spacial score (nSPS) is 19.1. The molecule has 0 aromatic heterocycles. The zero-order valence-corrected chi connectivity index (χ0v) is 12.7. The van der Waals surface area contributed by atoms with Crippen LogP contribution in [-0.2, 0) is 15.6 Å². The van der Waals surface area contributed by atoms with Gasteiger partial charge < -0.3 is 10.6 Å². The van der Waals surface area contributed by atoms with Crippen molar-refractivity contribution in [3.63, 3.8) is 0 Å². The lowest BCUT2D eigenvalue weighted by Gasteiger charge is -2.23. The molecule has 5 nitrogen and oxygen atoms in total. The number of hydrogen-bond acceptors (Lipinski definition) is 4. The fourth-order valence-electron chi connectivity index (χ4n) is 2.29. The SMILES string of the molecule is O=C(N[C@H]1CCCNC1)c1ccc(CS(=O)(=O)C(F)F)cc1. The second kappa shape index (κ2) is 7.15. The van der Waals surface area contributed by atoms with Gasteiger partial charge in [0, 0.05) is 18.2 Å². The van der Waals surface area contributed by atoms with Crippen molar-refractivity contribution in [1.29, 1.82) is 0 Å². The van der Waals surface area contributed by atoms with Crippen LogP contribution in [0.15, 0.2) is 24.3 Å². The molecule has 1 aliphatic rings.